The second-order valence-corrected chi connectivity index (χ2v) is 2.73. The zero-order chi connectivity index (χ0) is 8.27. The van der Waals surface area contributed by atoms with Crippen molar-refractivity contribution in [1.29, 1.82) is 0 Å². The Hall–Kier alpha value is -1.36. The summed E-state index contributed by atoms with van der Waals surface area (Å²) >= 11 is 1.22. The first-order valence-corrected chi connectivity index (χ1v) is 3.68. The summed E-state index contributed by atoms with van der Waals surface area (Å²) in [5, 5.41) is 12.7. The molecule has 0 saturated heterocycles. The third-order valence-electron chi connectivity index (χ3n) is 1.12. The van der Waals surface area contributed by atoms with E-state index in [0.717, 1.165) is 0 Å². The van der Waals surface area contributed by atoms with Crippen molar-refractivity contribution >= 4 is 23.5 Å². The number of nitrogens with two attached hydrogens (primary N) is 1. The van der Waals surface area contributed by atoms with Crippen molar-refractivity contribution in [1.82, 2.24) is 0 Å². The van der Waals surface area contributed by atoms with Crippen molar-refractivity contribution in [3.05, 3.63) is 21.9 Å². The van der Waals surface area contributed by atoms with Crippen LogP contribution in [0.5, 0.6) is 0 Å². The van der Waals surface area contributed by atoms with E-state index in [-0.39, 0.29) is 0 Å². The maximum absolute atomic E-state index is 10.6. The number of carbonyl (C=O) groups is 1. The molecule has 0 aliphatic carbocycles. The monoisotopic (exact) mass is 170 g/mol. The highest BCUT2D eigenvalue weighted by molar-refractivity contribution is 7.12. The van der Waals surface area contributed by atoms with Crippen molar-refractivity contribution in [3.63, 3.8) is 0 Å². The lowest BCUT2D eigenvalue weighted by Gasteiger charge is -1.89. The van der Waals surface area contributed by atoms with E-state index in [4.69, 9.17) is 10.9 Å². The number of nitrogens with zero attached hydrogens (tertiary/aromatic N) is 1. The van der Waals surface area contributed by atoms with Gasteiger partial charge in [-0.1, -0.05) is 5.16 Å². The Morgan fingerprint density at radius 3 is 3.09 bits per heavy atom. The first-order valence-electron chi connectivity index (χ1n) is 2.80. The van der Waals surface area contributed by atoms with Crippen LogP contribution in [-0.4, -0.2) is 17.3 Å². The quantitative estimate of drug-likeness (QED) is 0.388. The molecule has 0 radical (unpaired) electrons. The van der Waals surface area contributed by atoms with Gasteiger partial charge in [-0.2, -0.15) is 0 Å². The summed E-state index contributed by atoms with van der Waals surface area (Å²) in [5.74, 6) is -0.505. The SMILES string of the molecule is NC(=O)c1sccc1/C=N/O. The van der Waals surface area contributed by atoms with Gasteiger partial charge in [0.2, 0.25) is 0 Å². The van der Waals surface area contributed by atoms with E-state index >= 15 is 0 Å². The normalized spacial score (nSPS) is 10.5. The summed E-state index contributed by atoms with van der Waals surface area (Å²) in [7, 11) is 0. The number of hydrogen-bond acceptors (Lipinski definition) is 4. The van der Waals surface area contributed by atoms with Gasteiger partial charge in [-0.05, 0) is 11.4 Å². The summed E-state index contributed by atoms with van der Waals surface area (Å²) in [6, 6.07) is 1.66. The molecular formula is C6H6N2O2S. The predicted octanol–water partition coefficient (Wildman–Crippen LogP) is 0.655. The number of amides is 1. The van der Waals surface area contributed by atoms with Crippen LogP contribution >= 0.6 is 11.3 Å². The molecule has 0 aromatic carbocycles. The molecule has 0 unspecified atom stereocenters. The van der Waals surface area contributed by atoms with Crippen LogP contribution in [0.4, 0.5) is 0 Å². The smallest absolute Gasteiger partial charge is 0.259 e. The number of carbonyl (C=O) groups excluding carboxylic acids is 1. The highest BCUT2D eigenvalue weighted by atomic mass is 32.1. The minimum absolute atomic E-state index is 0.405. The second-order valence-electron chi connectivity index (χ2n) is 1.81. The van der Waals surface area contributed by atoms with Gasteiger partial charge < -0.3 is 10.9 Å². The highest BCUT2D eigenvalue weighted by Gasteiger charge is 2.06. The Morgan fingerprint density at radius 1 is 1.82 bits per heavy atom. The first kappa shape index (κ1) is 7.74. The van der Waals surface area contributed by atoms with Crippen LogP contribution in [0.2, 0.25) is 0 Å². The summed E-state index contributed by atoms with van der Waals surface area (Å²) in [5.41, 5.74) is 5.56. The van der Waals surface area contributed by atoms with Crippen LogP contribution < -0.4 is 5.73 Å². The van der Waals surface area contributed by atoms with Gasteiger partial charge in [0.1, 0.15) is 4.88 Å². The highest BCUT2D eigenvalue weighted by Crippen LogP contribution is 2.13. The average molecular weight is 170 g/mol. The molecule has 0 atom stereocenters. The molecule has 0 spiro atoms. The second kappa shape index (κ2) is 3.16. The van der Waals surface area contributed by atoms with E-state index in [2.05, 4.69) is 5.16 Å². The van der Waals surface area contributed by atoms with Crippen LogP contribution in [0.25, 0.3) is 0 Å². The predicted molar refractivity (Wildman–Crippen MR) is 42.2 cm³/mol. The third kappa shape index (κ3) is 1.56. The van der Waals surface area contributed by atoms with Gasteiger partial charge in [-0.3, -0.25) is 4.79 Å². The standard InChI is InChI=1S/C6H6N2O2S/c7-6(9)5-4(3-8-10)1-2-11-5/h1-3,10H,(H2,7,9)/b8-3+. The van der Waals surface area contributed by atoms with Gasteiger partial charge >= 0.3 is 0 Å². The van der Waals surface area contributed by atoms with Gasteiger partial charge in [0.05, 0.1) is 6.21 Å². The molecule has 1 heterocycles. The third-order valence-corrected chi connectivity index (χ3v) is 2.06. The molecule has 1 aromatic heterocycles. The van der Waals surface area contributed by atoms with Crippen LogP contribution in [0.15, 0.2) is 16.6 Å². The Bertz CT molecular complexity index is 293. The zero-order valence-electron chi connectivity index (χ0n) is 5.52. The van der Waals surface area contributed by atoms with Crippen molar-refractivity contribution < 1.29 is 10.0 Å². The molecule has 5 heteroatoms. The zero-order valence-corrected chi connectivity index (χ0v) is 6.34. The molecule has 3 N–H and O–H groups in total. The van der Waals surface area contributed by atoms with Gasteiger partial charge in [0, 0.05) is 5.56 Å². The lowest BCUT2D eigenvalue weighted by molar-refractivity contribution is 0.100. The average Bonchev–Trinajstić information content (AvgIpc) is 2.36. The van der Waals surface area contributed by atoms with Gasteiger partial charge in [-0.25, -0.2) is 0 Å². The Morgan fingerprint density at radius 2 is 2.55 bits per heavy atom. The maximum atomic E-state index is 10.6. The Balaban J connectivity index is 3.05. The molecule has 1 amide bonds. The molecule has 0 fully saturated rings. The number of oxime groups is 1. The molecular weight excluding hydrogens is 164 g/mol. The van der Waals surface area contributed by atoms with E-state index in [9.17, 15) is 4.79 Å². The lowest BCUT2D eigenvalue weighted by Crippen LogP contribution is -2.10. The molecule has 4 nitrogen and oxygen atoms in total. The van der Waals surface area contributed by atoms with E-state index in [1.807, 2.05) is 0 Å². The van der Waals surface area contributed by atoms with Crippen LogP contribution in [0.3, 0.4) is 0 Å². The maximum Gasteiger partial charge on any atom is 0.259 e. The molecule has 11 heavy (non-hydrogen) atoms. The molecule has 1 rings (SSSR count). The summed E-state index contributed by atoms with van der Waals surface area (Å²) in [4.78, 5) is 11.1. The first-order chi connectivity index (χ1) is 5.25. The molecule has 58 valence electrons. The summed E-state index contributed by atoms with van der Waals surface area (Å²) < 4.78 is 0. The summed E-state index contributed by atoms with van der Waals surface area (Å²) in [6.07, 6.45) is 1.18. The molecule has 0 bridgehead atoms. The van der Waals surface area contributed by atoms with E-state index in [1.165, 1.54) is 17.6 Å². The van der Waals surface area contributed by atoms with Crippen LogP contribution in [0, 0.1) is 0 Å². The van der Waals surface area contributed by atoms with Crippen LogP contribution in [-0.2, 0) is 0 Å². The molecule has 0 saturated carbocycles. The number of rotatable bonds is 2. The van der Waals surface area contributed by atoms with Gasteiger partial charge in [-0.15, -0.1) is 11.3 Å². The molecule has 1 aromatic rings. The molecule has 0 aliphatic rings. The summed E-state index contributed by atoms with van der Waals surface area (Å²) in [6.45, 7) is 0. The van der Waals surface area contributed by atoms with Crippen molar-refractivity contribution in [3.8, 4) is 0 Å². The van der Waals surface area contributed by atoms with E-state index in [1.54, 1.807) is 11.4 Å². The fourth-order valence-corrected chi connectivity index (χ4v) is 1.41. The van der Waals surface area contributed by atoms with Gasteiger partial charge in [0.25, 0.3) is 5.91 Å². The Kier molecular flexibility index (Phi) is 2.22. The minimum atomic E-state index is -0.505. The lowest BCUT2D eigenvalue weighted by atomic mass is 10.3. The van der Waals surface area contributed by atoms with Crippen molar-refractivity contribution in [2.75, 3.05) is 0 Å². The van der Waals surface area contributed by atoms with Crippen LogP contribution in [0.1, 0.15) is 15.2 Å². The van der Waals surface area contributed by atoms with Gasteiger partial charge in [0.15, 0.2) is 0 Å². The largest absolute Gasteiger partial charge is 0.411 e. The number of thiophene rings is 1. The fourth-order valence-electron chi connectivity index (χ4n) is 0.683. The van der Waals surface area contributed by atoms with Crippen molar-refractivity contribution in [2.24, 2.45) is 10.9 Å². The van der Waals surface area contributed by atoms with E-state index in [0.29, 0.717) is 10.4 Å². The number of hydrogen-bond donors (Lipinski definition) is 2. The Labute approximate surface area is 66.9 Å². The molecule has 0 aliphatic heterocycles. The fraction of sp³-hybridized carbons (Fsp3) is 0. The topological polar surface area (TPSA) is 75.7 Å². The number of primary amides is 1. The minimum Gasteiger partial charge on any atom is -0.411 e. The van der Waals surface area contributed by atoms with Crippen molar-refractivity contribution in [2.45, 2.75) is 0 Å². The van der Waals surface area contributed by atoms with E-state index < -0.39 is 5.91 Å².